The predicted molar refractivity (Wildman–Crippen MR) is 134 cm³/mol. The van der Waals surface area contributed by atoms with E-state index in [1.54, 1.807) is 6.92 Å². The van der Waals surface area contributed by atoms with Crippen LogP contribution >= 0.6 is 0 Å². The predicted octanol–water partition coefficient (Wildman–Crippen LogP) is 8.62. The van der Waals surface area contributed by atoms with Gasteiger partial charge >= 0.3 is 0 Å². The first-order valence-electron chi connectivity index (χ1n) is 12.4. The van der Waals surface area contributed by atoms with Crippen molar-refractivity contribution in [1.82, 2.24) is 0 Å². The fourth-order valence-corrected chi connectivity index (χ4v) is 5.05. The molecule has 1 aliphatic carbocycles. The standard InChI is InChI=1S/C31H35F/c1-3-4-5-24-7-9-25(10-8-24)11-12-26-13-15-27(16-14-26)17-18-28-19-21-30-29(22-28)20-6-23(2)31(30)32/h6,13-16,19-22,24-25H,3-5,7-12H2,1-2H3. The Morgan fingerprint density at radius 2 is 1.47 bits per heavy atom. The Kier molecular flexibility index (Phi) is 7.64. The summed E-state index contributed by atoms with van der Waals surface area (Å²) in [6.07, 6.45) is 12.4. The Hall–Kier alpha value is -2.59. The van der Waals surface area contributed by atoms with Crippen molar-refractivity contribution in [2.45, 2.75) is 71.6 Å². The highest BCUT2D eigenvalue weighted by Crippen LogP contribution is 2.34. The summed E-state index contributed by atoms with van der Waals surface area (Å²) >= 11 is 0. The first-order valence-corrected chi connectivity index (χ1v) is 12.4. The topological polar surface area (TPSA) is 0 Å². The van der Waals surface area contributed by atoms with Gasteiger partial charge in [-0.25, -0.2) is 4.39 Å². The molecule has 0 bridgehead atoms. The summed E-state index contributed by atoms with van der Waals surface area (Å²) in [6.45, 7) is 4.10. The molecule has 1 heteroatoms. The second kappa shape index (κ2) is 10.8. The minimum absolute atomic E-state index is 0.137. The van der Waals surface area contributed by atoms with Gasteiger partial charge < -0.3 is 0 Å². The molecule has 0 amide bonds. The molecule has 0 spiro atoms. The lowest BCUT2D eigenvalue weighted by molar-refractivity contribution is 0.250. The van der Waals surface area contributed by atoms with Gasteiger partial charge in [-0.05, 0) is 72.4 Å². The zero-order valence-electron chi connectivity index (χ0n) is 19.6. The van der Waals surface area contributed by atoms with Gasteiger partial charge in [0.1, 0.15) is 5.82 Å². The Labute approximate surface area is 193 Å². The third kappa shape index (κ3) is 5.80. The molecule has 0 nitrogen and oxygen atoms in total. The van der Waals surface area contributed by atoms with E-state index in [2.05, 4.69) is 43.0 Å². The number of hydrogen-bond acceptors (Lipinski definition) is 0. The van der Waals surface area contributed by atoms with Crippen LogP contribution in [0.5, 0.6) is 0 Å². The van der Waals surface area contributed by atoms with Crippen LogP contribution in [0.3, 0.4) is 0 Å². The van der Waals surface area contributed by atoms with Crippen LogP contribution in [-0.2, 0) is 6.42 Å². The number of rotatable bonds is 6. The van der Waals surface area contributed by atoms with E-state index in [9.17, 15) is 4.39 Å². The van der Waals surface area contributed by atoms with Crippen LogP contribution in [-0.4, -0.2) is 0 Å². The maximum atomic E-state index is 14.2. The average molecular weight is 427 g/mol. The lowest BCUT2D eigenvalue weighted by Gasteiger charge is -2.28. The zero-order chi connectivity index (χ0) is 22.3. The molecule has 0 saturated heterocycles. The van der Waals surface area contributed by atoms with Crippen molar-refractivity contribution in [1.29, 1.82) is 0 Å². The van der Waals surface area contributed by atoms with Gasteiger partial charge in [0.05, 0.1) is 0 Å². The molecule has 3 aromatic rings. The number of halogens is 1. The van der Waals surface area contributed by atoms with Crippen LogP contribution in [0.1, 0.15) is 80.5 Å². The summed E-state index contributed by atoms with van der Waals surface area (Å²) in [4.78, 5) is 0. The van der Waals surface area contributed by atoms with Crippen LogP contribution in [0.4, 0.5) is 4.39 Å². The van der Waals surface area contributed by atoms with Crippen molar-refractivity contribution >= 4 is 10.8 Å². The van der Waals surface area contributed by atoms with Crippen molar-refractivity contribution in [2.75, 3.05) is 0 Å². The maximum Gasteiger partial charge on any atom is 0.133 e. The van der Waals surface area contributed by atoms with E-state index in [1.807, 2.05) is 30.3 Å². The molecule has 0 N–H and O–H groups in total. The summed E-state index contributed by atoms with van der Waals surface area (Å²) in [7, 11) is 0. The summed E-state index contributed by atoms with van der Waals surface area (Å²) < 4.78 is 14.2. The maximum absolute atomic E-state index is 14.2. The summed E-state index contributed by atoms with van der Waals surface area (Å²) in [5.41, 5.74) is 4.04. The molecule has 4 rings (SSSR count). The fraction of sp³-hybridized carbons (Fsp3) is 0.419. The van der Waals surface area contributed by atoms with E-state index in [-0.39, 0.29) is 5.82 Å². The fourth-order valence-electron chi connectivity index (χ4n) is 5.05. The van der Waals surface area contributed by atoms with Crippen LogP contribution < -0.4 is 0 Å². The largest absolute Gasteiger partial charge is 0.206 e. The molecule has 0 aromatic heterocycles. The molecular formula is C31H35F. The summed E-state index contributed by atoms with van der Waals surface area (Å²) in [5.74, 6) is 8.27. The van der Waals surface area contributed by atoms with Gasteiger partial charge in [0.15, 0.2) is 0 Å². The molecule has 1 aliphatic rings. The Balaban J connectivity index is 1.31. The third-order valence-corrected chi connectivity index (χ3v) is 7.23. The molecule has 1 fully saturated rings. The lowest BCUT2D eigenvalue weighted by Crippen LogP contribution is -2.15. The number of aryl methyl sites for hydroxylation is 2. The van der Waals surface area contributed by atoms with E-state index in [0.29, 0.717) is 10.9 Å². The molecule has 166 valence electrons. The number of benzene rings is 3. The van der Waals surface area contributed by atoms with E-state index in [1.165, 1.54) is 63.4 Å². The smallest absolute Gasteiger partial charge is 0.133 e. The van der Waals surface area contributed by atoms with Gasteiger partial charge in [0.25, 0.3) is 0 Å². The monoisotopic (exact) mass is 426 g/mol. The van der Waals surface area contributed by atoms with Gasteiger partial charge in [-0.3, -0.25) is 0 Å². The molecule has 1 saturated carbocycles. The Morgan fingerprint density at radius 1 is 0.812 bits per heavy atom. The van der Waals surface area contributed by atoms with Crippen LogP contribution in [0.25, 0.3) is 10.8 Å². The minimum atomic E-state index is -0.137. The third-order valence-electron chi connectivity index (χ3n) is 7.23. The van der Waals surface area contributed by atoms with Crippen LogP contribution in [0.2, 0.25) is 0 Å². The number of fused-ring (bicyclic) bond motifs is 1. The summed E-state index contributed by atoms with van der Waals surface area (Å²) in [5, 5.41) is 1.56. The quantitative estimate of drug-likeness (QED) is 0.346. The minimum Gasteiger partial charge on any atom is -0.206 e. The molecule has 0 radical (unpaired) electrons. The molecular weight excluding hydrogens is 391 g/mol. The second-order valence-corrected chi connectivity index (χ2v) is 9.65. The van der Waals surface area contributed by atoms with E-state index >= 15 is 0 Å². The normalized spacial score (nSPS) is 18.3. The number of hydrogen-bond donors (Lipinski definition) is 0. The highest BCUT2D eigenvalue weighted by atomic mass is 19.1. The first kappa shape index (κ1) is 22.6. The average Bonchev–Trinajstić information content (AvgIpc) is 2.84. The van der Waals surface area contributed by atoms with E-state index in [0.717, 1.165) is 28.3 Å². The van der Waals surface area contributed by atoms with Crippen molar-refractivity contribution in [2.24, 2.45) is 11.8 Å². The van der Waals surface area contributed by atoms with Gasteiger partial charge in [-0.2, -0.15) is 0 Å². The van der Waals surface area contributed by atoms with E-state index in [4.69, 9.17) is 0 Å². The Bertz CT molecular complexity index is 1090. The second-order valence-electron chi connectivity index (χ2n) is 9.65. The van der Waals surface area contributed by atoms with E-state index < -0.39 is 0 Å². The van der Waals surface area contributed by atoms with Crippen molar-refractivity contribution in [3.05, 3.63) is 82.7 Å². The van der Waals surface area contributed by atoms with Crippen molar-refractivity contribution in [3.63, 3.8) is 0 Å². The van der Waals surface area contributed by atoms with Crippen molar-refractivity contribution < 1.29 is 4.39 Å². The van der Waals surface area contributed by atoms with Crippen LogP contribution in [0, 0.1) is 36.4 Å². The molecule has 3 aromatic carbocycles. The molecule has 0 aliphatic heterocycles. The highest BCUT2D eigenvalue weighted by molar-refractivity contribution is 5.85. The molecule has 32 heavy (non-hydrogen) atoms. The number of unbranched alkanes of at least 4 members (excludes halogenated alkanes) is 1. The van der Waals surface area contributed by atoms with Crippen LogP contribution in [0.15, 0.2) is 54.6 Å². The first-order chi connectivity index (χ1) is 15.6. The van der Waals surface area contributed by atoms with Gasteiger partial charge in [-0.1, -0.05) is 94.0 Å². The SMILES string of the molecule is CCCCC1CCC(CCc2ccc(C#Cc3ccc4c(F)c(C)ccc4c3)cc2)CC1. The lowest BCUT2D eigenvalue weighted by atomic mass is 9.78. The van der Waals surface area contributed by atoms with Gasteiger partial charge in [-0.15, -0.1) is 0 Å². The zero-order valence-corrected chi connectivity index (χ0v) is 19.6. The van der Waals surface area contributed by atoms with Gasteiger partial charge in [0, 0.05) is 16.5 Å². The molecule has 0 unspecified atom stereocenters. The highest BCUT2D eigenvalue weighted by Gasteiger charge is 2.20. The van der Waals surface area contributed by atoms with Crippen molar-refractivity contribution in [3.8, 4) is 11.8 Å². The summed E-state index contributed by atoms with van der Waals surface area (Å²) in [6, 6.07) is 18.2. The Morgan fingerprint density at radius 3 is 2.19 bits per heavy atom. The van der Waals surface area contributed by atoms with Gasteiger partial charge in [0.2, 0.25) is 0 Å². The molecule has 0 atom stereocenters. The molecule has 0 heterocycles.